The summed E-state index contributed by atoms with van der Waals surface area (Å²) < 4.78 is 5.66. The highest BCUT2D eigenvalue weighted by Gasteiger charge is 2.34. The van der Waals surface area contributed by atoms with Crippen LogP contribution in [0.25, 0.3) is 0 Å². The Morgan fingerprint density at radius 2 is 1.83 bits per heavy atom. The number of nitrogens with one attached hydrogen (secondary N) is 1. The monoisotopic (exact) mass is 317 g/mol. The summed E-state index contributed by atoms with van der Waals surface area (Å²) in [5.74, 6) is 0.272. The molecule has 0 aromatic heterocycles. The zero-order chi connectivity index (χ0) is 16.9. The van der Waals surface area contributed by atoms with Crippen molar-refractivity contribution in [2.45, 2.75) is 71.4 Å². The molecule has 1 aromatic carbocycles. The summed E-state index contributed by atoms with van der Waals surface area (Å²) in [7, 11) is 0. The van der Waals surface area contributed by atoms with Crippen LogP contribution in [0.4, 0.5) is 0 Å². The number of esters is 1. The molecule has 0 amide bonds. The largest absolute Gasteiger partial charge is 0.460 e. The summed E-state index contributed by atoms with van der Waals surface area (Å²) in [4.78, 5) is 12.6. The second-order valence-corrected chi connectivity index (χ2v) is 7.55. The van der Waals surface area contributed by atoms with Gasteiger partial charge in [-0.3, -0.25) is 4.79 Å². The molecule has 1 saturated carbocycles. The van der Waals surface area contributed by atoms with Gasteiger partial charge in [0, 0.05) is 6.54 Å². The van der Waals surface area contributed by atoms with Gasteiger partial charge in [-0.25, -0.2) is 0 Å². The second kappa shape index (κ2) is 7.96. The van der Waals surface area contributed by atoms with Crippen molar-refractivity contribution in [1.29, 1.82) is 0 Å². The highest BCUT2D eigenvalue weighted by Crippen LogP contribution is 2.39. The lowest BCUT2D eigenvalue weighted by Gasteiger charge is -2.32. The number of ether oxygens (including phenoxy) is 1. The Hall–Kier alpha value is -1.35. The molecule has 0 bridgehead atoms. The molecule has 0 saturated heterocycles. The lowest BCUT2D eigenvalue weighted by Crippen LogP contribution is -2.33. The predicted octanol–water partition coefficient (Wildman–Crippen LogP) is 4.41. The standard InChI is InChI=1S/C20H31NO2/c1-5-21-14-15-10-12-16(13-11-15)17-8-6-7-9-18(17)19(22)23-20(2,3)4/h10-13,17-18,21H,5-9,14H2,1-4H3/t17-,18-/m0/s1. The van der Waals surface area contributed by atoms with E-state index < -0.39 is 5.60 Å². The van der Waals surface area contributed by atoms with E-state index in [4.69, 9.17) is 4.74 Å². The van der Waals surface area contributed by atoms with Crippen molar-refractivity contribution in [3.8, 4) is 0 Å². The van der Waals surface area contributed by atoms with Crippen LogP contribution in [-0.2, 0) is 16.1 Å². The maximum Gasteiger partial charge on any atom is 0.310 e. The average Bonchev–Trinajstić information content (AvgIpc) is 2.52. The molecule has 2 atom stereocenters. The summed E-state index contributed by atoms with van der Waals surface area (Å²) >= 11 is 0. The fourth-order valence-corrected chi connectivity index (χ4v) is 3.34. The third-order valence-corrected chi connectivity index (χ3v) is 4.46. The van der Waals surface area contributed by atoms with Gasteiger partial charge in [0.25, 0.3) is 0 Å². The molecule has 2 rings (SSSR count). The molecule has 1 aliphatic carbocycles. The molecule has 0 radical (unpaired) electrons. The zero-order valence-corrected chi connectivity index (χ0v) is 15.0. The zero-order valence-electron chi connectivity index (χ0n) is 15.0. The fraction of sp³-hybridized carbons (Fsp3) is 0.650. The quantitative estimate of drug-likeness (QED) is 0.817. The Morgan fingerprint density at radius 1 is 1.17 bits per heavy atom. The third kappa shape index (κ3) is 5.35. The number of benzene rings is 1. The van der Waals surface area contributed by atoms with Crippen LogP contribution in [0, 0.1) is 5.92 Å². The van der Waals surface area contributed by atoms with Crippen molar-refractivity contribution in [1.82, 2.24) is 5.32 Å². The summed E-state index contributed by atoms with van der Waals surface area (Å²) in [5, 5.41) is 3.34. The Morgan fingerprint density at radius 3 is 2.43 bits per heavy atom. The number of hydrogen-bond acceptors (Lipinski definition) is 3. The highest BCUT2D eigenvalue weighted by atomic mass is 16.6. The van der Waals surface area contributed by atoms with Crippen molar-refractivity contribution in [2.75, 3.05) is 6.54 Å². The first-order chi connectivity index (χ1) is 10.9. The molecule has 1 aromatic rings. The maximum atomic E-state index is 12.6. The summed E-state index contributed by atoms with van der Waals surface area (Å²) in [6.07, 6.45) is 4.34. The summed E-state index contributed by atoms with van der Waals surface area (Å²) in [6, 6.07) is 8.75. The molecule has 0 aliphatic heterocycles. The molecule has 1 fully saturated rings. The first-order valence-corrected chi connectivity index (χ1v) is 8.93. The van der Waals surface area contributed by atoms with Crippen molar-refractivity contribution in [3.05, 3.63) is 35.4 Å². The minimum atomic E-state index is -0.408. The lowest BCUT2D eigenvalue weighted by atomic mass is 9.75. The lowest BCUT2D eigenvalue weighted by molar-refractivity contribution is -0.161. The molecule has 3 nitrogen and oxygen atoms in total. The molecular formula is C20H31NO2. The number of carbonyl (C=O) groups is 1. The molecule has 128 valence electrons. The Labute approximate surface area is 140 Å². The van der Waals surface area contributed by atoms with E-state index in [2.05, 4.69) is 36.5 Å². The molecule has 3 heteroatoms. The van der Waals surface area contributed by atoms with Crippen LogP contribution in [0.2, 0.25) is 0 Å². The average molecular weight is 317 g/mol. The van der Waals surface area contributed by atoms with Gasteiger partial charge in [0.15, 0.2) is 0 Å². The highest BCUT2D eigenvalue weighted by molar-refractivity contribution is 5.74. The van der Waals surface area contributed by atoms with Crippen molar-refractivity contribution in [2.24, 2.45) is 5.92 Å². The summed E-state index contributed by atoms with van der Waals surface area (Å²) in [6.45, 7) is 9.82. The molecule has 0 heterocycles. The van der Waals surface area contributed by atoms with Crippen LogP contribution in [0.3, 0.4) is 0 Å². The Kier molecular flexibility index (Phi) is 6.23. The van der Waals surface area contributed by atoms with Gasteiger partial charge in [-0.15, -0.1) is 0 Å². The first kappa shape index (κ1) is 18.0. The molecule has 23 heavy (non-hydrogen) atoms. The smallest absolute Gasteiger partial charge is 0.310 e. The van der Waals surface area contributed by atoms with Crippen molar-refractivity contribution in [3.63, 3.8) is 0 Å². The molecule has 0 unspecified atom stereocenters. The van der Waals surface area contributed by atoms with Gasteiger partial charge in [0.05, 0.1) is 5.92 Å². The van der Waals surface area contributed by atoms with Gasteiger partial charge >= 0.3 is 5.97 Å². The van der Waals surface area contributed by atoms with E-state index >= 15 is 0 Å². The van der Waals surface area contributed by atoms with E-state index in [1.807, 2.05) is 20.8 Å². The van der Waals surface area contributed by atoms with Gasteiger partial charge in [-0.05, 0) is 57.2 Å². The normalized spacial score (nSPS) is 21.9. The first-order valence-electron chi connectivity index (χ1n) is 8.93. The topological polar surface area (TPSA) is 38.3 Å². The van der Waals surface area contributed by atoms with E-state index in [0.717, 1.165) is 32.4 Å². The Balaban J connectivity index is 2.09. The van der Waals surface area contributed by atoms with Gasteiger partial charge in [0.1, 0.15) is 5.60 Å². The predicted molar refractivity (Wildman–Crippen MR) is 94.4 cm³/mol. The molecule has 1 N–H and O–H groups in total. The van der Waals surface area contributed by atoms with Gasteiger partial charge in [0.2, 0.25) is 0 Å². The number of hydrogen-bond donors (Lipinski definition) is 1. The summed E-state index contributed by atoms with van der Waals surface area (Å²) in [5.41, 5.74) is 2.16. The third-order valence-electron chi connectivity index (χ3n) is 4.46. The Bertz CT molecular complexity index is 501. The minimum absolute atomic E-state index is 0.00240. The maximum absolute atomic E-state index is 12.6. The van der Waals surface area contributed by atoms with E-state index in [1.165, 1.54) is 17.5 Å². The molecule has 1 aliphatic rings. The fourth-order valence-electron chi connectivity index (χ4n) is 3.34. The molecule has 0 spiro atoms. The minimum Gasteiger partial charge on any atom is -0.460 e. The number of carbonyl (C=O) groups excluding carboxylic acids is 1. The van der Waals surface area contributed by atoms with Gasteiger partial charge in [-0.2, -0.15) is 0 Å². The van der Waals surface area contributed by atoms with Crippen LogP contribution in [0.1, 0.15) is 70.4 Å². The van der Waals surface area contributed by atoms with E-state index in [1.54, 1.807) is 0 Å². The number of rotatable bonds is 5. The van der Waals surface area contributed by atoms with Crippen LogP contribution in [0.15, 0.2) is 24.3 Å². The van der Waals surface area contributed by atoms with Gasteiger partial charge in [-0.1, -0.05) is 44.0 Å². The van der Waals surface area contributed by atoms with Crippen LogP contribution in [0.5, 0.6) is 0 Å². The van der Waals surface area contributed by atoms with E-state index in [-0.39, 0.29) is 11.9 Å². The van der Waals surface area contributed by atoms with Crippen molar-refractivity contribution < 1.29 is 9.53 Å². The molecular weight excluding hydrogens is 286 g/mol. The van der Waals surface area contributed by atoms with Gasteiger partial charge < -0.3 is 10.1 Å². The van der Waals surface area contributed by atoms with E-state index in [0.29, 0.717) is 5.92 Å². The second-order valence-electron chi connectivity index (χ2n) is 7.55. The van der Waals surface area contributed by atoms with Crippen LogP contribution in [-0.4, -0.2) is 18.1 Å². The SMILES string of the molecule is CCNCc1ccc([C@@H]2CCCC[C@@H]2C(=O)OC(C)(C)C)cc1. The van der Waals surface area contributed by atoms with Crippen molar-refractivity contribution >= 4 is 5.97 Å². The van der Waals surface area contributed by atoms with Crippen LogP contribution < -0.4 is 5.32 Å². The van der Waals surface area contributed by atoms with E-state index in [9.17, 15) is 4.79 Å². The van der Waals surface area contributed by atoms with Crippen LogP contribution >= 0.6 is 0 Å².